The number of anilines is 2. The second-order valence-corrected chi connectivity index (χ2v) is 9.99. The van der Waals surface area contributed by atoms with Crippen molar-refractivity contribution in [1.29, 1.82) is 0 Å². The van der Waals surface area contributed by atoms with Crippen molar-refractivity contribution in [2.75, 3.05) is 56.2 Å². The Morgan fingerprint density at radius 1 is 0.925 bits per heavy atom. The smallest absolute Gasteiger partial charge is 0.269 e. The fourth-order valence-electron chi connectivity index (χ4n) is 5.14. The molecule has 0 aromatic heterocycles. The lowest BCUT2D eigenvalue weighted by Crippen LogP contribution is -2.38. The van der Waals surface area contributed by atoms with E-state index in [1.807, 2.05) is 18.2 Å². The molecule has 1 saturated heterocycles. The van der Waals surface area contributed by atoms with E-state index in [1.165, 1.54) is 35.4 Å². The van der Waals surface area contributed by atoms with E-state index in [4.69, 9.17) is 4.74 Å². The molecule has 2 amide bonds. The molecule has 10 heteroatoms. The van der Waals surface area contributed by atoms with Gasteiger partial charge in [0.05, 0.1) is 23.7 Å². The standard InChI is InChI=1S/C30H33N5O5/c36-29(23-6-9-26(10-7-23)35(38)39)32-25-8-11-28(34-15-12-22-4-1-2-5-24(22)21-34)27(20-25)30(37)31-13-3-14-33-16-18-40-19-17-33/h1-2,4-11,20H,3,12-19,21H2,(H,31,37)(H,32,36). The predicted molar refractivity (Wildman–Crippen MR) is 153 cm³/mol. The SMILES string of the molecule is O=C(Nc1ccc(N2CCc3ccccc3C2)c(C(=O)NCCCN2CCOCC2)c1)c1ccc([N+](=O)[O-])cc1. The number of rotatable bonds is 9. The number of nitrogens with zero attached hydrogens (tertiary/aromatic N) is 3. The van der Waals surface area contributed by atoms with Crippen LogP contribution in [0.5, 0.6) is 0 Å². The summed E-state index contributed by atoms with van der Waals surface area (Å²) in [6, 6.07) is 19.1. The number of benzene rings is 3. The highest BCUT2D eigenvalue weighted by Crippen LogP contribution is 2.30. The van der Waals surface area contributed by atoms with Crippen LogP contribution in [-0.4, -0.2) is 67.6 Å². The van der Waals surface area contributed by atoms with Crippen molar-refractivity contribution in [1.82, 2.24) is 10.2 Å². The molecule has 3 aromatic carbocycles. The van der Waals surface area contributed by atoms with E-state index < -0.39 is 10.8 Å². The van der Waals surface area contributed by atoms with Crippen molar-refractivity contribution < 1.29 is 19.2 Å². The first kappa shape index (κ1) is 27.3. The normalized spacial score (nSPS) is 15.2. The van der Waals surface area contributed by atoms with Gasteiger partial charge in [0.25, 0.3) is 17.5 Å². The maximum atomic E-state index is 13.5. The molecule has 0 saturated carbocycles. The van der Waals surface area contributed by atoms with Crippen LogP contribution in [0.15, 0.2) is 66.7 Å². The second-order valence-electron chi connectivity index (χ2n) is 9.99. The van der Waals surface area contributed by atoms with Gasteiger partial charge in [-0.1, -0.05) is 24.3 Å². The number of fused-ring (bicyclic) bond motifs is 1. The number of nitro benzene ring substituents is 1. The van der Waals surface area contributed by atoms with E-state index in [0.29, 0.717) is 24.3 Å². The highest BCUT2D eigenvalue weighted by Gasteiger charge is 2.22. The van der Waals surface area contributed by atoms with Gasteiger partial charge in [-0.05, 0) is 60.8 Å². The van der Waals surface area contributed by atoms with E-state index in [0.717, 1.165) is 57.9 Å². The number of carbonyl (C=O) groups is 2. The van der Waals surface area contributed by atoms with Crippen LogP contribution >= 0.6 is 0 Å². The van der Waals surface area contributed by atoms with Gasteiger partial charge in [-0.3, -0.25) is 24.6 Å². The topological polar surface area (TPSA) is 117 Å². The minimum Gasteiger partial charge on any atom is -0.379 e. The molecule has 1 fully saturated rings. The predicted octanol–water partition coefficient (Wildman–Crippen LogP) is 3.86. The van der Waals surface area contributed by atoms with E-state index in [-0.39, 0.29) is 17.2 Å². The molecule has 0 bridgehead atoms. The molecular formula is C30H33N5O5. The second kappa shape index (κ2) is 12.7. The zero-order valence-corrected chi connectivity index (χ0v) is 22.3. The average Bonchev–Trinajstić information content (AvgIpc) is 2.99. The van der Waals surface area contributed by atoms with Crippen LogP contribution in [0.4, 0.5) is 17.1 Å². The highest BCUT2D eigenvalue weighted by atomic mass is 16.6. The first-order valence-electron chi connectivity index (χ1n) is 13.6. The molecule has 3 aromatic rings. The number of amides is 2. The van der Waals surface area contributed by atoms with Gasteiger partial charge in [-0.25, -0.2) is 0 Å². The van der Waals surface area contributed by atoms with Crippen molar-refractivity contribution in [3.63, 3.8) is 0 Å². The summed E-state index contributed by atoms with van der Waals surface area (Å²) in [4.78, 5) is 41.3. The largest absolute Gasteiger partial charge is 0.379 e. The summed E-state index contributed by atoms with van der Waals surface area (Å²) in [5, 5.41) is 16.8. The highest BCUT2D eigenvalue weighted by molar-refractivity contribution is 6.06. The third-order valence-corrected chi connectivity index (χ3v) is 7.35. The number of carbonyl (C=O) groups excluding carboxylic acids is 2. The Bertz CT molecular complexity index is 1370. The number of morpholine rings is 1. The zero-order chi connectivity index (χ0) is 27.9. The van der Waals surface area contributed by atoms with Gasteiger partial charge in [0.1, 0.15) is 0 Å². The lowest BCUT2D eigenvalue weighted by atomic mass is 9.98. The number of nitro groups is 1. The molecule has 2 N–H and O–H groups in total. The summed E-state index contributed by atoms with van der Waals surface area (Å²) in [5.41, 5.74) is 4.54. The van der Waals surface area contributed by atoms with Crippen LogP contribution in [0.1, 0.15) is 38.3 Å². The van der Waals surface area contributed by atoms with E-state index in [9.17, 15) is 19.7 Å². The van der Waals surface area contributed by atoms with Crippen LogP contribution in [0.3, 0.4) is 0 Å². The molecule has 0 aliphatic carbocycles. The Morgan fingerprint density at radius 2 is 1.68 bits per heavy atom. The van der Waals surface area contributed by atoms with Crippen molar-refractivity contribution in [2.24, 2.45) is 0 Å². The number of ether oxygens (including phenoxy) is 1. The molecule has 2 aliphatic rings. The molecule has 0 spiro atoms. The molecule has 0 unspecified atom stereocenters. The lowest BCUT2D eigenvalue weighted by molar-refractivity contribution is -0.384. The lowest BCUT2D eigenvalue weighted by Gasteiger charge is -2.32. The van der Waals surface area contributed by atoms with Gasteiger partial charge in [0, 0.05) is 61.8 Å². The summed E-state index contributed by atoms with van der Waals surface area (Å²) in [7, 11) is 0. The molecule has 5 rings (SSSR count). The van der Waals surface area contributed by atoms with Gasteiger partial charge < -0.3 is 20.3 Å². The van der Waals surface area contributed by atoms with Crippen molar-refractivity contribution >= 4 is 28.9 Å². The zero-order valence-electron chi connectivity index (χ0n) is 22.3. The monoisotopic (exact) mass is 543 g/mol. The third-order valence-electron chi connectivity index (χ3n) is 7.35. The van der Waals surface area contributed by atoms with Gasteiger partial charge in [0.15, 0.2) is 0 Å². The molecule has 0 atom stereocenters. The average molecular weight is 544 g/mol. The summed E-state index contributed by atoms with van der Waals surface area (Å²) < 4.78 is 5.40. The third kappa shape index (κ3) is 6.64. The Morgan fingerprint density at radius 3 is 2.42 bits per heavy atom. The van der Waals surface area contributed by atoms with Crippen LogP contribution in [-0.2, 0) is 17.7 Å². The Balaban J connectivity index is 1.32. The van der Waals surface area contributed by atoms with Crippen LogP contribution in [0.2, 0.25) is 0 Å². The van der Waals surface area contributed by atoms with Crippen LogP contribution in [0.25, 0.3) is 0 Å². The fraction of sp³-hybridized carbons (Fsp3) is 0.333. The van der Waals surface area contributed by atoms with Gasteiger partial charge in [0.2, 0.25) is 0 Å². The summed E-state index contributed by atoms with van der Waals surface area (Å²) in [6.45, 7) is 6.21. The maximum Gasteiger partial charge on any atom is 0.269 e. The van der Waals surface area contributed by atoms with Gasteiger partial charge in [-0.15, -0.1) is 0 Å². The minimum atomic E-state index is -0.509. The van der Waals surface area contributed by atoms with Gasteiger partial charge in [-0.2, -0.15) is 0 Å². The molecule has 208 valence electrons. The number of hydrogen-bond acceptors (Lipinski definition) is 7. The number of hydrogen-bond donors (Lipinski definition) is 2. The molecule has 10 nitrogen and oxygen atoms in total. The summed E-state index contributed by atoms with van der Waals surface area (Å²) >= 11 is 0. The molecule has 2 heterocycles. The Kier molecular flexibility index (Phi) is 8.68. The fourth-order valence-corrected chi connectivity index (χ4v) is 5.14. The summed E-state index contributed by atoms with van der Waals surface area (Å²) in [6.07, 6.45) is 1.71. The van der Waals surface area contributed by atoms with Crippen molar-refractivity contribution in [3.05, 3.63) is 99.1 Å². The quantitative estimate of drug-likeness (QED) is 0.239. The molecular weight excluding hydrogens is 510 g/mol. The summed E-state index contributed by atoms with van der Waals surface area (Å²) in [5.74, 6) is -0.603. The van der Waals surface area contributed by atoms with Crippen LogP contribution < -0.4 is 15.5 Å². The molecule has 40 heavy (non-hydrogen) atoms. The van der Waals surface area contributed by atoms with E-state index in [2.05, 4.69) is 32.6 Å². The van der Waals surface area contributed by atoms with Gasteiger partial charge >= 0.3 is 0 Å². The molecule has 2 aliphatic heterocycles. The van der Waals surface area contributed by atoms with Crippen LogP contribution in [0, 0.1) is 10.1 Å². The number of nitrogens with one attached hydrogen (secondary N) is 2. The first-order valence-corrected chi connectivity index (χ1v) is 13.6. The van der Waals surface area contributed by atoms with Crippen molar-refractivity contribution in [2.45, 2.75) is 19.4 Å². The Labute approximate surface area is 233 Å². The van der Waals surface area contributed by atoms with E-state index >= 15 is 0 Å². The minimum absolute atomic E-state index is 0.0865. The number of non-ortho nitro benzene ring substituents is 1. The van der Waals surface area contributed by atoms with Crippen molar-refractivity contribution in [3.8, 4) is 0 Å². The Hall–Kier alpha value is -4.28. The maximum absolute atomic E-state index is 13.5. The first-order chi connectivity index (χ1) is 19.5. The van der Waals surface area contributed by atoms with E-state index in [1.54, 1.807) is 12.1 Å². The molecule has 0 radical (unpaired) electrons.